The van der Waals surface area contributed by atoms with Crippen LogP contribution in [-0.4, -0.2) is 46.8 Å². The van der Waals surface area contributed by atoms with Crippen LogP contribution in [0.15, 0.2) is 0 Å². The first-order valence-corrected chi connectivity index (χ1v) is 7.89. The number of rotatable bonds is 7. The third-order valence-corrected chi connectivity index (χ3v) is 6.03. The Bertz CT molecular complexity index is 147. The Labute approximate surface area is 89.6 Å². The first-order valence-electron chi connectivity index (χ1n) is 5.37. The minimum absolute atomic E-state index is 0.543. The van der Waals surface area contributed by atoms with Crippen molar-refractivity contribution in [1.29, 1.82) is 0 Å². The molecular weight excluding hydrogens is 194 g/mol. The van der Waals surface area contributed by atoms with Gasteiger partial charge in [0.25, 0.3) is 0 Å². The van der Waals surface area contributed by atoms with Gasteiger partial charge in [-0.1, -0.05) is 13.8 Å². The van der Waals surface area contributed by atoms with Crippen molar-refractivity contribution in [2.45, 2.75) is 39.4 Å². The van der Waals surface area contributed by atoms with Crippen LogP contribution in [0.3, 0.4) is 0 Å². The highest BCUT2D eigenvalue weighted by Crippen LogP contribution is 2.17. The first-order chi connectivity index (χ1) is 6.52. The highest BCUT2D eigenvalue weighted by Gasteiger charge is 2.32. The van der Waals surface area contributed by atoms with E-state index in [4.69, 9.17) is 8.85 Å². The Kier molecular flexibility index (Phi) is 6.60. The monoisotopic (exact) mass is 219 g/mol. The maximum Gasteiger partial charge on any atom is 0.335 e. The van der Waals surface area contributed by atoms with Gasteiger partial charge in [-0.05, 0) is 26.6 Å². The van der Waals surface area contributed by atoms with Crippen molar-refractivity contribution >= 4 is 8.56 Å². The molecular formula is C10H25NO2Si. The van der Waals surface area contributed by atoms with Crippen LogP contribution in [0.1, 0.15) is 20.8 Å². The molecule has 0 amide bonds. The predicted molar refractivity (Wildman–Crippen MR) is 62.8 cm³/mol. The van der Waals surface area contributed by atoms with Crippen molar-refractivity contribution in [3.63, 3.8) is 0 Å². The van der Waals surface area contributed by atoms with E-state index in [0.29, 0.717) is 6.04 Å². The van der Waals surface area contributed by atoms with E-state index < -0.39 is 8.56 Å². The lowest BCUT2D eigenvalue weighted by Crippen LogP contribution is -2.44. The molecule has 0 bridgehead atoms. The molecule has 0 fully saturated rings. The lowest BCUT2D eigenvalue weighted by Gasteiger charge is -2.32. The van der Waals surface area contributed by atoms with Crippen LogP contribution in [0.5, 0.6) is 0 Å². The second-order valence-electron chi connectivity index (χ2n) is 3.82. The first kappa shape index (κ1) is 14.1. The highest BCUT2D eigenvalue weighted by molar-refractivity contribution is 6.66. The molecule has 0 aliphatic carbocycles. The molecule has 0 spiro atoms. The van der Waals surface area contributed by atoms with Crippen molar-refractivity contribution < 1.29 is 8.85 Å². The van der Waals surface area contributed by atoms with E-state index in [1.54, 1.807) is 14.2 Å². The summed E-state index contributed by atoms with van der Waals surface area (Å²) in [6.45, 7) is 10.9. The van der Waals surface area contributed by atoms with Gasteiger partial charge in [0.2, 0.25) is 0 Å². The van der Waals surface area contributed by atoms with Crippen LogP contribution >= 0.6 is 0 Å². The maximum atomic E-state index is 5.49. The van der Waals surface area contributed by atoms with Crippen LogP contribution in [0, 0.1) is 0 Å². The minimum Gasteiger partial charge on any atom is -0.398 e. The molecule has 1 unspecified atom stereocenters. The molecule has 14 heavy (non-hydrogen) atoms. The minimum atomic E-state index is -1.90. The van der Waals surface area contributed by atoms with Gasteiger partial charge in [-0.2, -0.15) is 0 Å². The Morgan fingerprint density at radius 3 is 1.86 bits per heavy atom. The lowest BCUT2D eigenvalue weighted by atomic mass is 10.3. The van der Waals surface area contributed by atoms with Gasteiger partial charge in [0.05, 0.1) is 0 Å². The zero-order valence-corrected chi connectivity index (χ0v) is 11.5. The number of nitrogens with zero attached hydrogens (tertiary/aromatic N) is 1. The highest BCUT2D eigenvalue weighted by atomic mass is 28.4. The molecule has 0 heterocycles. The van der Waals surface area contributed by atoms with Crippen molar-refractivity contribution in [2.24, 2.45) is 0 Å². The molecule has 0 aliphatic rings. The largest absolute Gasteiger partial charge is 0.398 e. The molecule has 86 valence electrons. The van der Waals surface area contributed by atoms with E-state index in [0.717, 1.165) is 19.1 Å². The molecule has 0 aromatic heterocycles. The van der Waals surface area contributed by atoms with Crippen molar-refractivity contribution in [3.05, 3.63) is 0 Å². The lowest BCUT2D eigenvalue weighted by molar-refractivity contribution is 0.204. The van der Waals surface area contributed by atoms with Crippen LogP contribution in [0.2, 0.25) is 12.6 Å². The molecule has 0 aliphatic heterocycles. The van der Waals surface area contributed by atoms with E-state index in [-0.39, 0.29) is 0 Å². The van der Waals surface area contributed by atoms with E-state index in [2.05, 4.69) is 32.2 Å². The fourth-order valence-electron chi connectivity index (χ4n) is 1.76. The van der Waals surface area contributed by atoms with Gasteiger partial charge in [0.15, 0.2) is 0 Å². The molecule has 0 N–H and O–H groups in total. The third kappa shape index (κ3) is 4.08. The summed E-state index contributed by atoms with van der Waals surface area (Å²) < 4.78 is 11.0. The van der Waals surface area contributed by atoms with Crippen molar-refractivity contribution in [2.75, 3.05) is 27.3 Å². The quantitative estimate of drug-likeness (QED) is 0.612. The SMILES string of the molecule is CCN(CC)C(C)C[Si](C)(OC)OC. The summed E-state index contributed by atoms with van der Waals surface area (Å²) in [6.07, 6.45) is 0. The Balaban J connectivity index is 4.20. The fraction of sp³-hybridized carbons (Fsp3) is 1.00. The molecule has 0 radical (unpaired) electrons. The third-order valence-electron chi connectivity index (χ3n) is 2.97. The molecule has 1 atom stereocenters. The molecule has 3 nitrogen and oxygen atoms in total. The van der Waals surface area contributed by atoms with Crippen LogP contribution in [-0.2, 0) is 8.85 Å². The summed E-state index contributed by atoms with van der Waals surface area (Å²) in [5.74, 6) is 0. The molecule has 0 aromatic rings. The summed E-state index contributed by atoms with van der Waals surface area (Å²) in [7, 11) is 1.61. The average molecular weight is 219 g/mol. The summed E-state index contributed by atoms with van der Waals surface area (Å²) in [4.78, 5) is 2.43. The zero-order chi connectivity index (χ0) is 11.2. The van der Waals surface area contributed by atoms with Gasteiger partial charge in [-0.25, -0.2) is 0 Å². The molecule has 0 saturated carbocycles. The molecule has 0 aromatic carbocycles. The van der Waals surface area contributed by atoms with E-state index >= 15 is 0 Å². The smallest absolute Gasteiger partial charge is 0.335 e. The summed E-state index contributed by atoms with van der Waals surface area (Å²) in [5, 5.41) is 0. The van der Waals surface area contributed by atoms with E-state index in [9.17, 15) is 0 Å². The molecule has 4 heteroatoms. The summed E-state index contributed by atoms with van der Waals surface area (Å²) in [5.41, 5.74) is 0. The zero-order valence-electron chi connectivity index (χ0n) is 10.5. The van der Waals surface area contributed by atoms with Gasteiger partial charge in [-0.3, -0.25) is 0 Å². The molecule has 0 saturated heterocycles. The average Bonchev–Trinajstić information content (AvgIpc) is 2.19. The Morgan fingerprint density at radius 1 is 1.14 bits per heavy atom. The standard InChI is InChI=1S/C10H25NO2Si/c1-7-11(8-2)10(3)9-14(6,12-4)13-5/h10H,7-9H2,1-6H3. The van der Waals surface area contributed by atoms with Gasteiger partial charge >= 0.3 is 8.56 Å². The Morgan fingerprint density at radius 2 is 1.57 bits per heavy atom. The van der Waals surface area contributed by atoms with Crippen molar-refractivity contribution in [1.82, 2.24) is 4.90 Å². The second-order valence-corrected chi connectivity index (χ2v) is 7.31. The van der Waals surface area contributed by atoms with Crippen LogP contribution < -0.4 is 0 Å². The van der Waals surface area contributed by atoms with Gasteiger partial charge in [0, 0.05) is 26.3 Å². The molecule has 0 rings (SSSR count). The van der Waals surface area contributed by atoms with Crippen molar-refractivity contribution in [3.8, 4) is 0 Å². The van der Waals surface area contributed by atoms with Gasteiger partial charge < -0.3 is 13.8 Å². The van der Waals surface area contributed by atoms with Gasteiger partial charge in [0.1, 0.15) is 0 Å². The summed E-state index contributed by atoms with van der Waals surface area (Å²) in [6, 6.07) is 1.57. The predicted octanol–water partition coefficient (Wildman–Crippen LogP) is 2.08. The van der Waals surface area contributed by atoms with E-state index in [1.165, 1.54) is 0 Å². The topological polar surface area (TPSA) is 21.7 Å². The number of hydrogen-bond donors (Lipinski definition) is 0. The van der Waals surface area contributed by atoms with Gasteiger partial charge in [-0.15, -0.1) is 0 Å². The number of hydrogen-bond acceptors (Lipinski definition) is 3. The summed E-state index contributed by atoms with van der Waals surface area (Å²) >= 11 is 0. The second kappa shape index (κ2) is 6.56. The van der Waals surface area contributed by atoms with Crippen LogP contribution in [0.4, 0.5) is 0 Å². The van der Waals surface area contributed by atoms with E-state index in [1.807, 2.05) is 0 Å². The Hall–Kier alpha value is 0.0969. The fourth-order valence-corrected chi connectivity index (χ4v) is 3.59. The maximum absolute atomic E-state index is 5.49. The van der Waals surface area contributed by atoms with Crippen LogP contribution in [0.25, 0.3) is 0 Å². The normalized spacial score (nSPS) is 14.8.